The van der Waals surface area contributed by atoms with Gasteiger partial charge in [-0.25, -0.2) is 0 Å². The van der Waals surface area contributed by atoms with Crippen LogP contribution in [-0.4, -0.2) is 42.5 Å². The van der Waals surface area contributed by atoms with E-state index in [9.17, 15) is 0 Å². The van der Waals surface area contributed by atoms with Crippen LogP contribution < -0.4 is 4.74 Å². The molecule has 0 spiro atoms. The summed E-state index contributed by atoms with van der Waals surface area (Å²) < 4.78 is 10.8. The second-order valence-corrected chi connectivity index (χ2v) is 5.59. The third-order valence-electron chi connectivity index (χ3n) is 2.62. The number of aliphatic hydroxyl groups excluding tert-OH is 1. The smallest absolute Gasteiger partial charge is 0.120 e. The minimum Gasteiger partial charge on any atom is -0.493 e. The Morgan fingerprint density at radius 3 is 3.05 bits per heavy atom. The standard InChI is InChI=1S/C15H18O3S/c16-7-2-1-4-13-5-3-6-14(10-13)18-8-9-19-15-11-17-12-15/h3,5-6,10,15-16H,2,7-9,11-12H2. The van der Waals surface area contributed by atoms with Crippen molar-refractivity contribution in [3.8, 4) is 17.6 Å². The quantitative estimate of drug-likeness (QED) is 0.637. The highest BCUT2D eigenvalue weighted by Gasteiger charge is 2.17. The molecule has 0 atom stereocenters. The number of hydrogen-bond donors (Lipinski definition) is 1. The molecule has 0 unspecified atom stereocenters. The highest BCUT2D eigenvalue weighted by molar-refractivity contribution is 8.00. The molecule has 0 aliphatic carbocycles. The summed E-state index contributed by atoms with van der Waals surface area (Å²) in [5.74, 6) is 7.73. The molecule has 1 aromatic rings. The van der Waals surface area contributed by atoms with E-state index in [1.165, 1.54) is 0 Å². The zero-order valence-corrected chi connectivity index (χ0v) is 11.6. The van der Waals surface area contributed by atoms with Crippen LogP contribution in [0.3, 0.4) is 0 Å². The van der Waals surface area contributed by atoms with E-state index in [-0.39, 0.29) is 6.61 Å². The molecule has 0 aromatic heterocycles. The average molecular weight is 278 g/mol. The maximum atomic E-state index is 8.67. The first-order valence-corrected chi connectivity index (χ1v) is 7.45. The van der Waals surface area contributed by atoms with Crippen molar-refractivity contribution in [3.05, 3.63) is 29.8 Å². The molecule has 1 fully saturated rings. The van der Waals surface area contributed by atoms with Crippen molar-refractivity contribution in [2.45, 2.75) is 11.7 Å². The van der Waals surface area contributed by atoms with Gasteiger partial charge >= 0.3 is 0 Å². The Labute approximate surface area is 118 Å². The molecule has 102 valence electrons. The number of hydrogen-bond acceptors (Lipinski definition) is 4. The summed E-state index contributed by atoms with van der Waals surface area (Å²) in [7, 11) is 0. The van der Waals surface area contributed by atoms with Gasteiger partial charge < -0.3 is 14.6 Å². The Bertz CT molecular complexity index is 446. The van der Waals surface area contributed by atoms with Crippen molar-refractivity contribution < 1.29 is 14.6 Å². The molecule has 2 rings (SSSR count). The summed E-state index contributed by atoms with van der Waals surface area (Å²) >= 11 is 1.90. The van der Waals surface area contributed by atoms with Crippen molar-refractivity contribution >= 4 is 11.8 Å². The predicted octanol–water partition coefficient (Wildman–Crippen LogP) is 1.93. The zero-order chi connectivity index (χ0) is 13.3. The van der Waals surface area contributed by atoms with Crippen LogP contribution in [0.25, 0.3) is 0 Å². The van der Waals surface area contributed by atoms with Gasteiger partial charge in [0.15, 0.2) is 0 Å². The summed E-state index contributed by atoms with van der Waals surface area (Å²) in [6.45, 7) is 2.56. The van der Waals surface area contributed by atoms with Gasteiger partial charge in [-0.3, -0.25) is 0 Å². The first kappa shape index (κ1) is 14.3. The molecule has 0 saturated carbocycles. The lowest BCUT2D eigenvalue weighted by atomic mass is 10.2. The molecule has 1 N–H and O–H groups in total. The Kier molecular flexibility index (Phi) is 6.09. The summed E-state index contributed by atoms with van der Waals surface area (Å²) in [4.78, 5) is 0. The van der Waals surface area contributed by atoms with Gasteiger partial charge in [-0.05, 0) is 18.2 Å². The SMILES string of the molecule is OCCC#Cc1cccc(OCCSC2COC2)c1. The van der Waals surface area contributed by atoms with Gasteiger partial charge in [0.2, 0.25) is 0 Å². The fourth-order valence-corrected chi connectivity index (χ4v) is 2.47. The van der Waals surface area contributed by atoms with Crippen molar-refractivity contribution in [2.24, 2.45) is 0 Å². The Balaban J connectivity index is 1.73. The predicted molar refractivity (Wildman–Crippen MR) is 77.6 cm³/mol. The van der Waals surface area contributed by atoms with Crippen molar-refractivity contribution in [1.82, 2.24) is 0 Å². The van der Waals surface area contributed by atoms with E-state index in [2.05, 4.69) is 11.8 Å². The maximum absolute atomic E-state index is 8.67. The van der Waals surface area contributed by atoms with Crippen LogP contribution >= 0.6 is 11.8 Å². The monoisotopic (exact) mass is 278 g/mol. The lowest BCUT2D eigenvalue weighted by Gasteiger charge is -2.25. The molecule has 3 nitrogen and oxygen atoms in total. The van der Waals surface area contributed by atoms with Crippen LogP contribution in [0, 0.1) is 11.8 Å². The molecular formula is C15H18O3S. The van der Waals surface area contributed by atoms with Crippen LogP contribution in [0.15, 0.2) is 24.3 Å². The van der Waals surface area contributed by atoms with Gasteiger partial charge in [0.05, 0.1) is 31.7 Å². The molecule has 1 saturated heterocycles. The van der Waals surface area contributed by atoms with E-state index in [1.807, 2.05) is 36.0 Å². The average Bonchev–Trinajstić information content (AvgIpc) is 2.37. The first-order valence-electron chi connectivity index (χ1n) is 6.40. The molecule has 0 radical (unpaired) electrons. The molecule has 1 aromatic carbocycles. The number of thioether (sulfide) groups is 1. The molecular weight excluding hydrogens is 260 g/mol. The van der Waals surface area contributed by atoms with E-state index in [0.29, 0.717) is 18.3 Å². The summed E-state index contributed by atoms with van der Waals surface area (Å²) in [5, 5.41) is 9.33. The zero-order valence-electron chi connectivity index (χ0n) is 10.8. The van der Waals surface area contributed by atoms with Crippen LogP contribution in [0.5, 0.6) is 5.75 Å². The van der Waals surface area contributed by atoms with E-state index in [1.54, 1.807) is 0 Å². The van der Waals surface area contributed by atoms with Gasteiger partial charge in [0, 0.05) is 17.7 Å². The Hall–Kier alpha value is -1.15. The van der Waals surface area contributed by atoms with Crippen molar-refractivity contribution in [3.63, 3.8) is 0 Å². The van der Waals surface area contributed by atoms with Crippen molar-refractivity contribution in [1.29, 1.82) is 0 Å². The van der Waals surface area contributed by atoms with Gasteiger partial charge in [-0.2, -0.15) is 11.8 Å². The maximum Gasteiger partial charge on any atom is 0.120 e. The molecule has 0 bridgehead atoms. The topological polar surface area (TPSA) is 38.7 Å². The normalized spacial score (nSPS) is 14.4. The number of rotatable bonds is 6. The third kappa shape index (κ3) is 5.15. The molecule has 4 heteroatoms. The fraction of sp³-hybridized carbons (Fsp3) is 0.467. The van der Waals surface area contributed by atoms with Crippen LogP contribution in [0.2, 0.25) is 0 Å². The molecule has 0 amide bonds. The molecule has 19 heavy (non-hydrogen) atoms. The van der Waals surface area contributed by atoms with E-state index in [4.69, 9.17) is 14.6 Å². The largest absolute Gasteiger partial charge is 0.493 e. The van der Waals surface area contributed by atoms with Crippen molar-refractivity contribution in [2.75, 3.05) is 32.2 Å². The molecule has 1 aliphatic rings. The lowest BCUT2D eigenvalue weighted by Crippen LogP contribution is -2.31. The number of benzene rings is 1. The van der Waals surface area contributed by atoms with Gasteiger partial charge in [-0.15, -0.1) is 0 Å². The highest BCUT2D eigenvalue weighted by Crippen LogP contribution is 2.19. The third-order valence-corrected chi connectivity index (χ3v) is 3.76. The minimum atomic E-state index is 0.102. The minimum absolute atomic E-state index is 0.102. The van der Waals surface area contributed by atoms with Gasteiger partial charge in [0.25, 0.3) is 0 Å². The highest BCUT2D eigenvalue weighted by atomic mass is 32.2. The number of aliphatic hydroxyl groups is 1. The van der Waals surface area contributed by atoms with Gasteiger partial charge in [0.1, 0.15) is 5.75 Å². The summed E-state index contributed by atoms with van der Waals surface area (Å²) in [6.07, 6.45) is 0.505. The Morgan fingerprint density at radius 1 is 1.42 bits per heavy atom. The van der Waals surface area contributed by atoms with E-state index >= 15 is 0 Å². The van der Waals surface area contributed by atoms with Gasteiger partial charge in [-0.1, -0.05) is 17.9 Å². The summed E-state index contributed by atoms with van der Waals surface area (Å²) in [6, 6.07) is 7.75. The van der Waals surface area contributed by atoms with E-state index < -0.39 is 0 Å². The van der Waals surface area contributed by atoms with Crippen LogP contribution in [-0.2, 0) is 4.74 Å². The van der Waals surface area contributed by atoms with Crippen LogP contribution in [0.4, 0.5) is 0 Å². The number of ether oxygens (including phenoxy) is 2. The second kappa shape index (κ2) is 8.11. The first-order chi connectivity index (χ1) is 9.38. The second-order valence-electron chi connectivity index (χ2n) is 4.18. The fourth-order valence-electron chi connectivity index (χ4n) is 1.57. The lowest BCUT2D eigenvalue weighted by molar-refractivity contribution is 0.0454. The molecule has 1 aliphatic heterocycles. The van der Waals surface area contributed by atoms with Crippen LogP contribution in [0.1, 0.15) is 12.0 Å². The molecule has 1 heterocycles. The van der Waals surface area contributed by atoms with E-state index in [0.717, 1.165) is 30.3 Å². The summed E-state index contributed by atoms with van der Waals surface area (Å²) in [5.41, 5.74) is 0.922. The Morgan fingerprint density at radius 2 is 2.32 bits per heavy atom.